The Hall–Kier alpha value is -13.2. The molecule has 0 fully saturated rings. The van der Waals surface area contributed by atoms with Gasteiger partial charge < -0.3 is 85.8 Å². The maximum Gasteiger partial charge on any atom is 0.168 e. The summed E-state index contributed by atoms with van der Waals surface area (Å²) in [6, 6.07) is 62.0. The number of aromatic nitrogens is 12. The molecule has 28 nitrogen and oxygen atoms in total. The Kier molecular flexibility index (Phi) is 26.3. The quantitative estimate of drug-likeness (QED) is 0.0335. The van der Waals surface area contributed by atoms with E-state index in [9.17, 15) is 0 Å². The lowest BCUT2D eigenvalue weighted by molar-refractivity contribution is 0.0275. The van der Waals surface area contributed by atoms with E-state index in [4.69, 9.17) is 106 Å². The number of benzene rings is 8. The molecule has 8 bridgehead atoms. The molecule has 15 aromatic rings. The second-order valence-electron chi connectivity index (χ2n) is 27.3. The van der Waals surface area contributed by atoms with Crippen LogP contribution in [-0.2, 0) is 37.9 Å². The number of para-hydroxylation sites is 4. The number of aromatic amines is 2. The second kappa shape index (κ2) is 39.9. The van der Waals surface area contributed by atoms with Crippen molar-refractivity contribution in [1.29, 1.82) is 0 Å². The van der Waals surface area contributed by atoms with Crippen molar-refractivity contribution in [2.45, 2.75) is 0 Å². The molecule has 2 aliphatic heterocycles. The molecule has 2 aliphatic rings. The van der Waals surface area contributed by atoms with Crippen molar-refractivity contribution >= 4 is 87.7 Å². The van der Waals surface area contributed by atoms with Crippen LogP contribution in [0.3, 0.4) is 0 Å². The summed E-state index contributed by atoms with van der Waals surface area (Å²) in [5.41, 5.74) is 7.32. The van der Waals surface area contributed by atoms with Crippen LogP contribution in [0.15, 0.2) is 219 Å². The third-order valence-corrected chi connectivity index (χ3v) is 19.5. The maximum absolute atomic E-state index is 6.65. The van der Waals surface area contributed by atoms with Gasteiger partial charge in [0.25, 0.3) is 0 Å². The van der Waals surface area contributed by atoms with Crippen molar-refractivity contribution in [3.8, 4) is 91.5 Å². The van der Waals surface area contributed by atoms with Crippen molar-refractivity contribution in [3.05, 3.63) is 219 Å². The highest BCUT2D eigenvalue weighted by Crippen LogP contribution is 2.45. The van der Waals surface area contributed by atoms with E-state index in [0.717, 1.165) is 43.6 Å². The average Bonchev–Trinajstić information content (AvgIpc) is 1.58. The molecule has 610 valence electrons. The normalized spacial score (nSPS) is 11.7. The number of nitrogens with one attached hydrogen (secondary N) is 2. The fourth-order valence-electron chi connectivity index (χ4n) is 14.1. The van der Waals surface area contributed by atoms with Gasteiger partial charge in [0.05, 0.1) is 128 Å². The smallest absolute Gasteiger partial charge is 0.168 e. The molecule has 0 unspecified atom stereocenters. The molecule has 2 N–H and O–H groups in total. The zero-order valence-corrected chi connectivity index (χ0v) is 65.8. The van der Waals surface area contributed by atoms with Gasteiger partial charge >= 0.3 is 0 Å². The minimum atomic E-state index is 0.185. The van der Waals surface area contributed by atoms with Crippen molar-refractivity contribution < 1.29 is 75.8 Å². The van der Waals surface area contributed by atoms with Crippen molar-refractivity contribution in [3.63, 3.8) is 0 Å². The van der Waals surface area contributed by atoms with E-state index in [-0.39, 0.29) is 52.9 Å². The molecule has 120 heavy (non-hydrogen) atoms. The summed E-state index contributed by atoms with van der Waals surface area (Å²) in [4.78, 5) is 57.4. The topological polar surface area (TPSA) is 308 Å². The van der Waals surface area contributed by atoms with Crippen LogP contribution >= 0.6 is 0 Å². The number of hydrogen-bond donors (Lipinski definition) is 2. The van der Waals surface area contributed by atoms with Gasteiger partial charge in [-0.3, -0.25) is 19.9 Å². The van der Waals surface area contributed by atoms with Gasteiger partial charge in [-0.15, -0.1) is 0 Å². The van der Waals surface area contributed by atoms with Gasteiger partial charge in [0.1, 0.15) is 144 Å². The van der Waals surface area contributed by atoms with E-state index in [1.807, 2.05) is 194 Å². The van der Waals surface area contributed by atoms with Gasteiger partial charge in [-0.1, -0.05) is 121 Å². The Morgan fingerprint density at radius 3 is 0.742 bits per heavy atom. The van der Waals surface area contributed by atoms with E-state index in [1.54, 1.807) is 24.8 Å². The molecule has 0 aliphatic carbocycles. The van der Waals surface area contributed by atoms with Crippen LogP contribution in [0.1, 0.15) is 0 Å². The molecule has 0 spiro atoms. The van der Waals surface area contributed by atoms with E-state index >= 15 is 0 Å². The Morgan fingerprint density at radius 2 is 0.433 bits per heavy atom. The molecular weight excluding hydrogens is 1530 g/mol. The van der Waals surface area contributed by atoms with Gasteiger partial charge in [0.2, 0.25) is 0 Å². The zero-order valence-electron chi connectivity index (χ0n) is 65.8. The Bertz CT molecular complexity index is 5820. The molecule has 0 amide bonds. The lowest BCUT2D eigenvalue weighted by Crippen LogP contribution is -2.13. The van der Waals surface area contributed by atoms with E-state index in [2.05, 4.69) is 29.9 Å². The van der Waals surface area contributed by atoms with Gasteiger partial charge in [0, 0.05) is 68.2 Å². The number of fused-ring (bicyclic) bond motifs is 24. The highest BCUT2D eigenvalue weighted by molar-refractivity contribution is 6.10. The van der Waals surface area contributed by atoms with Gasteiger partial charge in [-0.2, -0.15) is 0 Å². The van der Waals surface area contributed by atoms with E-state index < -0.39 is 0 Å². The third-order valence-electron chi connectivity index (χ3n) is 19.5. The van der Waals surface area contributed by atoms with Crippen LogP contribution in [0.25, 0.3) is 133 Å². The lowest BCUT2D eigenvalue weighted by Gasteiger charge is -2.11. The zero-order chi connectivity index (χ0) is 80.7. The highest BCUT2D eigenvalue weighted by Gasteiger charge is 2.28. The molecule has 0 radical (unpaired) electrons. The standard InChI is InChI=1S/C92H86N12O16/c1-13-61-17-9-33-93-81(61)73(29-1)117-57-49-109-41-37-105-45-53-113-69-25-5-21-65-77(69)89-97-85(65)102-90-79-67(23-7-27-71(79)115-55-47-107-39-43-111-51-59-119-75-31-3-15-63-19-11-35-95-83(63)75)87(99-90)104-92-80-68(24-8-28-72(80)116-56-48-108-40-44-112-52-60-120-76-32-4-16-64-20-12-36-96-84(64)76)88(100-92)103-91-78-66(86(98-91)101-89)22-6-26-70(78)114-54-46-106-38-42-110-50-58-118-74-30-2-14-62-18-10-34-94-82(62)74/h1-36H,37-60H2,(H2,97,98,99,100,101,102,103,104). The van der Waals surface area contributed by atoms with Crippen molar-refractivity contribution in [2.75, 3.05) is 159 Å². The fourth-order valence-corrected chi connectivity index (χ4v) is 14.1. The van der Waals surface area contributed by atoms with Crippen LogP contribution in [-0.4, -0.2) is 218 Å². The minimum Gasteiger partial charge on any atom is -0.490 e. The lowest BCUT2D eigenvalue weighted by atomic mass is 10.1. The second-order valence-corrected chi connectivity index (χ2v) is 27.3. The number of hydrogen-bond acceptors (Lipinski definition) is 26. The first kappa shape index (κ1) is 79.3. The monoisotopic (exact) mass is 1610 g/mol. The summed E-state index contributed by atoms with van der Waals surface area (Å²) in [5.74, 6) is 6.11. The number of rotatable bonds is 44. The predicted octanol–water partition coefficient (Wildman–Crippen LogP) is 15.0. The summed E-state index contributed by atoms with van der Waals surface area (Å²) >= 11 is 0. The SMILES string of the molecule is c1cc(OCCOCCOCCOc2cccc3cccnc23)c2c(c1)-c1nc-2nc2[nH]c(nc3nc(nc4[nH]c(n1)c1c(OCCOCCOCCOc5cccc6cccnc56)cccc41)-c1c(OCCOCCOCCOc4cccc5cccnc45)cccc1-3)c1c(OCCOCCOCCOc3cccc4cccnc34)cccc21. The number of ether oxygens (including phenoxy) is 16. The van der Waals surface area contributed by atoms with Crippen LogP contribution in [0.5, 0.6) is 46.0 Å². The Morgan fingerprint density at radius 1 is 0.200 bits per heavy atom. The van der Waals surface area contributed by atoms with Crippen LogP contribution in [0, 0.1) is 0 Å². The van der Waals surface area contributed by atoms with Crippen molar-refractivity contribution in [2.24, 2.45) is 0 Å². The Balaban J connectivity index is 0.639. The molecule has 9 heterocycles. The molecular formula is C92H86N12O16. The van der Waals surface area contributed by atoms with Gasteiger partial charge in [-0.25, -0.2) is 29.9 Å². The molecule has 0 saturated carbocycles. The summed E-state index contributed by atoms with van der Waals surface area (Å²) in [5, 5.41) is 6.61. The molecule has 28 heteroatoms. The molecule has 8 aromatic carbocycles. The fraction of sp³-hybridized carbons (Fsp3) is 0.261. The first-order valence-electron chi connectivity index (χ1n) is 39.9. The summed E-state index contributed by atoms with van der Waals surface area (Å²) in [7, 11) is 0. The number of pyridine rings is 4. The van der Waals surface area contributed by atoms with Crippen molar-refractivity contribution in [1.82, 2.24) is 59.8 Å². The van der Waals surface area contributed by atoms with Crippen LogP contribution in [0.4, 0.5) is 0 Å². The summed E-state index contributed by atoms with van der Waals surface area (Å²) in [6.07, 6.45) is 7.02. The van der Waals surface area contributed by atoms with Gasteiger partial charge in [-0.05, 0) is 72.8 Å². The first-order chi connectivity index (χ1) is 59.6. The predicted molar refractivity (Wildman–Crippen MR) is 454 cm³/mol. The molecule has 17 rings (SSSR count). The number of H-pyrrole nitrogens is 2. The van der Waals surface area contributed by atoms with Crippen LogP contribution in [0.2, 0.25) is 0 Å². The first-order valence-corrected chi connectivity index (χ1v) is 39.9. The maximum atomic E-state index is 6.65. The Labute approximate surface area is 688 Å². The van der Waals surface area contributed by atoms with Gasteiger partial charge in [0.15, 0.2) is 23.3 Å². The van der Waals surface area contributed by atoms with E-state index in [1.165, 1.54) is 0 Å². The average molecular weight is 1620 g/mol. The summed E-state index contributed by atoms with van der Waals surface area (Å²) in [6.45, 7) is 7.32. The molecule has 0 saturated heterocycles. The van der Waals surface area contributed by atoms with Crippen LogP contribution < -0.4 is 37.9 Å². The molecule has 0 atom stereocenters. The highest BCUT2D eigenvalue weighted by atomic mass is 16.6. The van der Waals surface area contributed by atoms with E-state index in [0.29, 0.717) is 241 Å². The molecule has 7 aromatic heterocycles. The summed E-state index contributed by atoms with van der Waals surface area (Å²) < 4.78 is 98.6. The third kappa shape index (κ3) is 19.2. The number of nitrogens with zero attached hydrogens (tertiary/aromatic N) is 10. The minimum absolute atomic E-state index is 0.185. The largest absolute Gasteiger partial charge is 0.490 e.